The molecule has 25 heavy (non-hydrogen) atoms. The Hall–Kier alpha value is -3.08. The SMILES string of the molecule is CNC(=O)c1ccc(C)c(NC(=O)c2ccc3[nH]c(C)c(C)c3c2)c1. The molecule has 0 radical (unpaired) electrons. The third kappa shape index (κ3) is 3.13. The van der Waals surface area contributed by atoms with Crippen LogP contribution < -0.4 is 10.6 Å². The molecule has 0 saturated carbocycles. The normalized spacial score (nSPS) is 10.7. The second-order valence-corrected chi connectivity index (χ2v) is 6.20. The van der Waals surface area contributed by atoms with E-state index >= 15 is 0 Å². The van der Waals surface area contributed by atoms with Crippen LogP contribution in [0.15, 0.2) is 36.4 Å². The van der Waals surface area contributed by atoms with Gasteiger partial charge in [-0.15, -0.1) is 0 Å². The zero-order chi connectivity index (χ0) is 18.1. The number of anilines is 1. The maximum absolute atomic E-state index is 12.7. The van der Waals surface area contributed by atoms with E-state index in [1.165, 1.54) is 0 Å². The molecule has 0 aliphatic heterocycles. The molecule has 3 aromatic rings. The fourth-order valence-electron chi connectivity index (χ4n) is 2.84. The molecule has 0 atom stereocenters. The molecule has 5 nitrogen and oxygen atoms in total. The molecule has 0 saturated heterocycles. The first-order valence-corrected chi connectivity index (χ1v) is 8.13. The van der Waals surface area contributed by atoms with Crippen LogP contribution in [0.4, 0.5) is 5.69 Å². The number of benzene rings is 2. The Morgan fingerprint density at radius 1 is 0.920 bits per heavy atom. The zero-order valence-corrected chi connectivity index (χ0v) is 14.8. The van der Waals surface area contributed by atoms with E-state index in [4.69, 9.17) is 0 Å². The van der Waals surface area contributed by atoms with Crippen molar-refractivity contribution in [3.05, 3.63) is 64.3 Å². The molecule has 0 spiro atoms. The summed E-state index contributed by atoms with van der Waals surface area (Å²) in [4.78, 5) is 27.8. The first-order valence-electron chi connectivity index (χ1n) is 8.13. The van der Waals surface area contributed by atoms with Crippen molar-refractivity contribution < 1.29 is 9.59 Å². The number of nitrogens with one attached hydrogen (secondary N) is 3. The molecule has 0 fully saturated rings. The highest BCUT2D eigenvalue weighted by Crippen LogP contribution is 2.23. The van der Waals surface area contributed by atoms with Crippen molar-refractivity contribution in [1.29, 1.82) is 0 Å². The first kappa shape index (κ1) is 16.8. The summed E-state index contributed by atoms with van der Waals surface area (Å²) < 4.78 is 0. The summed E-state index contributed by atoms with van der Waals surface area (Å²) in [7, 11) is 1.58. The van der Waals surface area contributed by atoms with Gasteiger partial charge < -0.3 is 15.6 Å². The number of rotatable bonds is 3. The van der Waals surface area contributed by atoms with Gasteiger partial charge in [0.2, 0.25) is 0 Å². The molecule has 1 heterocycles. The molecule has 2 aromatic carbocycles. The number of aromatic amines is 1. The average molecular weight is 335 g/mol. The summed E-state index contributed by atoms with van der Waals surface area (Å²) in [5, 5.41) is 6.54. The van der Waals surface area contributed by atoms with Crippen LogP contribution in [0.1, 0.15) is 37.5 Å². The molecule has 3 N–H and O–H groups in total. The van der Waals surface area contributed by atoms with Crippen molar-refractivity contribution >= 4 is 28.4 Å². The van der Waals surface area contributed by atoms with Crippen molar-refractivity contribution in [2.75, 3.05) is 12.4 Å². The van der Waals surface area contributed by atoms with Crippen LogP contribution in [0.5, 0.6) is 0 Å². The van der Waals surface area contributed by atoms with Crippen molar-refractivity contribution in [3.63, 3.8) is 0 Å². The Balaban J connectivity index is 1.92. The number of aryl methyl sites for hydroxylation is 3. The van der Waals surface area contributed by atoms with E-state index in [9.17, 15) is 9.59 Å². The largest absolute Gasteiger partial charge is 0.358 e. The van der Waals surface area contributed by atoms with Crippen LogP contribution in [-0.4, -0.2) is 23.8 Å². The third-order valence-electron chi connectivity index (χ3n) is 4.55. The molecular formula is C20H21N3O2. The molecule has 0 bridgehead atoms. The molecule has 2 amide bonds. The Labute approximate surface area is 146 Å². The van der Waals surface area contributed by atoms with Gasteiger partial charge in [0.15, 0.2) is 0 Å². The first-order chi connectivity index (χ1) is 11.9. The second kappa shape index (κ2) is 6.43. The standard InChI is InChI=1S/C20H21N3O2/c1-11-5-6-15(19(24)21-4)10-18(11)23-20(25)14-7-8-17-16(9-14)12(2)13(3)22-17/h5-10,22H,1-4H3,(H,21,24)(H,23,25). The zero-order valence-electron chi connectivity index (χ0n) is 14.8. The monoisotopic (exact) mass is 335 g/mol. The summed E-state index contributed by atoms with van der Waals surface area (Å²) in [5.74, 6) is -0.382. The minimum atomic E-state index is -0.197. The average Bonchev–Trinajstić information content (AvgIpc) is 2.90. The van der Waals surface area contributed by atoms with Gasteiger partial charge in [0.1, 0.15) is 0 Å². The summed E-state index contributed by atoms with van der Waals surface area (Å²) in [6.45, 7) is 5.95. The second-order valence-electron chi connectivity index (χ2n) is 6.20. The number of carbonyl (C=O) groups is 2. The fourth-order valence-corrected chi connectivity index (χ4v) is 2.84. The Bertz CT molecular complexity index is 986. The predicted molar refractivity (Wildman–Crippen MR) is 100 cm³/mol. The molecular weight excluding hydrogens is 314 g/mol. The van der Waals surface area contributed by atoms with E-state index in [1.807, 2.05) is 39.0 Å². The molecule has 0 aliphatic carbocycles. The van der Waals surface area contributed by atoms with Crippen molar-refractivity contribution in [1.82, 2.24) is 10.3 Å². The van der Waals surface area contributed by atoms with Gasteiger partial charge in [-0.3, -0.25) is 9.59 Å². The number of H-pyrrole nitrogens is 1. The van der Waals surface area contributed by atoms with Gasteiger partial charge in [0.05, 0.1) is 0 Å². The maximum atomic E-state index is 12.7. The molecule has 0 aliphatic rings. The van der Waals surface area contributed by atoms with Crippen LogP contribution in [0.25, 0.3) is 10.9 Å². The highest BCUT2D eigenvalue weighted by atomic mass is 16.2. The van der Waals surface area contributed by atoms with Crippen LogP contribution in [0.3, 0.4) is 0 Å². The van der Waals surface area contributed by atoms with Crippen molar-refractivity contribution in [3.8, 4) is 0 Å². The number of amides is 2. The van der Waals surface area contributed by atoms with Crippen LogP contribution in [0.2, 0.25) is 0 Å². The van der Waals surface area contributed by atoms with E-state index in [0.29, 0.717) is 16.8 Å². The van der Waals surface area contributed by atoms with Gasteiger partial charge in [-0.1, -0.05) is 6.07 Å². The van der Waals surface area contributed by atoms with Crippen LogP contribution in [0, 0.1) is 20.8 Å². The molecule has 1 aromatic heterocycles. The van der Waals surface area contributed by atoms with Crippen molar-refractivity contribution in [2.45, 2.75) is 20.8 Å². The fraction of sp³-hybridized carbons (Fsp3) is 0.200. The van der Waals surface area contributed by atoms with Crippen LogP contribution in [-0.2, 0) is 0 Å². The number of fused-ring (bicyclic) bond motifs is 1. The quantitative estimate of drug-likeness (QED) is 0.683. The summed E-state index contributed by atoms with van der Waals surface area (Å²) in [6.07, 6.45) is 0. The lowest BCUT2D eigenvalue weighted by molar-refractivity contribution is 0.0961. The lowest BCUT2D eigenvalue weighted by Gasteiger charge is -2.10. The predicted octanol–water partition coefficient (Wildman–Crippen LogP) is 3.71. The summed E-state index contributed by atoms with van der Waals surface area (Å²) in [5.41, 5.74) is 5.88. The summed E-state index contributed by atoms with van der Waals surface area (Å²) >= 11 is 0. The van der Waals surface area contributed by atoms with Gasteiger partial charge in [-0.2, -0.15) is 0 Å². The van der Waals surface area contributed by atoms with Crippen molar-refractivity contribution in [2.24, 2.45) is 0 Å². The number of carbonyl (C=O) groups excluding carboxylic acids is 2. The number of hydrogen-bond acceptors (Lipinski definition) is 2. The van der Waals surface area contributed by atoms with Gasteiger partial charge in [-0.05, 0) is 62.2 Å². The van der Waals surface area contributed by atoms with E-state index in [2.05, 4.69) is 15.6 Å². The third-order valence-corrected chi connectivity index (χ3v) is 4.55. The Morgan fingerprint density at radius 3 is 2.32 bits per heavy atom. The van der Waals surface area contributed by atoms with E-state index in [0.717, 1.165) is 27.7 Å². The Kier molecular flexibility index (Phi) is 4.31. The number of aromatic nitrogens is 1. The lowest BCUT2D eigenvalue weighted by Crippen LogP contribution is -2.19. The highest BCUT2D eigenvalue weighted by Gasteiger charge is 2.13. The Morgan fingerprint density at radius 2 is 1.60 bits per heavy atom. The minimum Gasteiger partial charge on any atom is -0.358 e. The smallest absolute Gasteiger partial charge is 0.255 e. The van der Waals surface area contributed by atoms with E-state index in [-0.39, 0.29) is 11.8 Å². The maximum Gasteiger partial charge on any atom is 0.255 e. The molecule has 0 unspecified atom stereocenters. The van der Waals surface area contributed by atoms with Gasteiger partial charge in [-0.25, -0.2) is 0 Å². The topological polar surface area (TPSA) is 74.0 Å². The number of hydrogen-bond donors (Lipinski definition) is 3. The van der Waals surface area contributed by atoms with Gasteiger partial charge in [0.25, 0.3) is 11.8 Å². The lowest BCUT2D eigenvalue weighted by atomic mass is 10.1. The van der Waals surface area contributed by atoms with E-state index < -0.39 is 0 Å². The van der Waals surface area contributed by atoms with Crippen LogP contribution >= 0.6 is 0 Å². The minimum absolute atomic E-state index is 0.185. The molecule has 5 heteroatoms. The van der Waals surface area contributed by atoms with Gasteiger partial charge >= 0.3 is 0 Å². The molecule has 128 valence electrons. The van der Waals surface area contributed by atoms with Gasteiger partial charge in [0, 0.05) is 40.5 Å². The molecule has 3 rings (SSSR count). The highest BCUT2D eigenvalue weighted by molar-refractivity contribution is 6.07. The summed E-state index contributed by atoms with van der Waals surface area (Å²) in [6, 6.07) is 10.9. The van der Waals surface area contributed by atoms with E-state index in [1.54, 1.807) is 25.2 Å².